The summed E-state index contributed by atoms with van der Waals surface area (Å²) in [7, 11) is 1.27. The Bertz CT molecular complexity index is 819. The van der Waals surface area contributed by atoms with Crippen molar-refractivity contribution in [3.63, 3.8) is 0 Å². The summed E-state index contributed by atoms with van der Waals surface area (Å²) in [5, 5.41) is 3.00. The van der Waals surface area contributed by atoms with Gasteiger partial charge in [-0.3, -0.25) is 4.79 Å². The molecule has 0 saturated carbocycles. The fourth-order valence-corrected chi connectivity index (χ4v) is 2.21. The molecule has 0 spiro atoms. The van der Waals surface area contributed by atoms with Crippen LogP contribution in [0, 0.1) is 6.92 Å². The van der Waals surface area contributed by atoms with Crippen molar-refractivity contribution in [3.05, 3.63) is 64.2 Å². The van der Waals surface area contributed by atoms with Gasteiger partial charge in [-0.2, -0.15) is 0 Å². The number of aryl methyl sites for hydroxylation is 1. The van der Waals surface area contributed by atoms with E-state index in [1.807, 2.05) is 0 Å². The van der Waals surface area contributed by atoms with Gasteiger partial charge < -0.3 is 14.8 Å². The third kappa shape index (κ3) is 5.06. The van der Waals surface area contributed by atoms with Crippen LogP contribution in [0.4, 0.5) is 5.69 Å². The lowest BCUT2D eigenvalue weighted by Crippen LogP contribution is -2.21. The predicted molar refractivity (Wildman–Crippen MR) is 92.9 cm³/mol. The van der Waals surface area contributed by atoms with Gasteiger partial charge in [-0.05, 0) is 42.8 Å². The SMILES string of the molecule is COC(=O)c1ccc(C)c(NC(=O)COC(=O)c2cccc(Cl)c2)c1. The van der Waals surface area contributed by atoms with E-state index < -0.39 is 24.5 Å². The van der Waals surface area contributed by atoms with Crippen molar-refractivity contribution < 1.29 is 23.9 Å². The summed E-state index contributed by atoms with van der Waals surface area (Å²) in [6, 6.07) is 11.0. The molecule has 1 amide bonds. The average molecular weight is 362 g/mol. The zero-order valence-corrected chi connectivity index (χ0v) is 14.4. The first kappa shape index (κ1) is 18.5. The molecular weight excluding hydrogens is 346 g/mol. The van der Waals surface area contributed by atoms with E-state index in [1.165, 1.54) is 25.3 Å². The highest BCUT2D eigenvalue weighted by molar-refractivity contribution is 6.30. The molecule has 2 rings (SSSR count). The summed E-state index contributed by atoms with van der Waals surface area (Å²) in [6.07, 6.45) is 0. The van der Waals surface area contributed by atoms with E-state index in [-0.39, 0.29) is 5.56 Å². The molecule has 2 aromatic rings. The number of anilines is 1. The smallest absolute Gasteiger partial charge is 0.338 e. The van der Waals surface area contributed by atoms with Crippen LogP contribution in [0.2, 0.25) is 5.02 Å². The van der Waals surface area contributed by atoms with Crippen molar-refractivity contribution in [2.24, 2.45) is 0 Å². The summed E-state index contributed by atoms with van der Waals surface area (Å²) in [5.74, 6) is -1.69. The molecule has 6 nitrogen and oxygen atoms in total. The second-order valence-corrected chi connectivity index (χ2v) is 5.59. The topological polar surface area (TPSA) is 81.7 Å². The summed E-state index contributed by atoms with van der Waals surface area (Å²) in [5.41, 5.74) is 1.75. The average Bonchev–Trinajstić information content (AvgIpc) is 2.60. The molecule has 0 aliphatic carbocycles. The molecule has 0 heterocycles. The molecule has 0 atom stereocenters. The Hall–Kier alpha value is -2.86. The van der Waals surface area contributed by atoms with Crippen molar-refractivity contribution in [1.82, 2.24) is 0 Å². The van der Waals surface area contributed by atoms with E-state index in [1.54, 1.807) is 31.2 Å². The van der Waals surface area contributed by atoms with Crippen molar-refractivity contribution >= 4 is 35.1 Å². The van der Waals surface area contributed by atoms with Gasteiger partial charge in [-0.25, -0.2) is 9.59 Å². The van der Waals surface area contributed by atoms with Gasteiger partial charge in [-0.1, -0.05) is 23.7 Å². The first-order chi connectivity index (χ1) is 11.9. The van der Waals surface area contributed by atoms with Crippen LogP contribution in [0.15, 0.2) is 42.5 Å². The lowest BCUT2D eigenvalue weighted by Gasteiger charge is -2.10. The number of hydrogen-bond donors (Lipinski definition) is 1. The number of amides is 1. The number of carbonyl (C=O) groups is 3. The normalized spacial score (nSPS) is 10.0. The van der Waals surface area contributed by atoms with Gasteiger partial charge in [0, 0.05) is 10.7 Å². The van der Waals surface area contributed by atoms with Crippen LogP contribution in [0.1, 0.15) is 26.3 Å². The molecule has 0 bridgehead atoms. The maximum absolute atomic E-state index is 12.0. The Labute approximate surface area is 149 Å². The lowest BCUT2D eigenvalue weighted by atomic mass is 10.1. The van der Waals surface area contributed by atoms with E-state index in [0.29, 0.717) is 16.3 Å². The summed E-state index contributed by atoms with van der Waals surface area (Å²) >= 11 is 5.80. The second kappa shape index (κ2) is 8.30. The first-order valence-corrected chi connectivity index (χ1v) is 7.70. The van der Waals surface area contributed by atoms with Crippen LogP contribution in [-0.2, 0) is 14.3 Å². The number of benzene rings is 2. The van der Waals surface area contributed by atoms with Gasteiger partial charge >= 0.3 is 11.9 Å². The van der Waals surface area contributed by atoms with Crippen molar-refractivity contribution in [3.8, 4) is 0 Å². The second-order valence-electron chi connectivity index (χ2n) is 5.16. The molecular formula is C18H16ClNO5. The molecule has 25 heavy (non-hydrogen) atoms. The Morgan fingerprint density at radius 3 is 2.44 bits per heavy atom. The van der Waals surface area contributed by atoms with Gasteiger partial charge in [0.15, 0.2) is 6.61 Å². The van der Waals surface area contributed by atoms with E-state index in [2.05, 4.69) is 10.1 Å². The third-order valence-electron chi connectivity index (χ3n) is 3.33. The molecule has 0 unspecified atom stereocenters. The monoisotopic (exact) mass is 361 g/mol. The minimum absolute atomic E-state index is 0.254. The summed E-state index contributed by atoms with van der Waals surface area (Å²) in [4.78, 5) is 35.4. The molecule has 2 aromatic carbocycles. The number of ether oxygens (including phenoxy) is 2. The molecule has 0 saturated heterocycles. The lowest BCUT2D eigenvalue weighted by molar-refractivity contribution is -0.119. The molecule has 0 aromatic heterocycles. The zero-order valence-electron chi connectivity index (χ0n) is 13.7. The number of nitrogens with one attached hydrogen (secondary N) is 1. The van der Waals surface area contributed by atoms with Crippen LogP contribution in [-0.4, -0.2) is 31.6 Å². The minimum Gasteiger partial charge on any atom is -0.465 e. The number of esters is 2. The molecule has 7 heteroatoms. The standard InChI is InChI=1S/C18H16ClNO5/c1-11-6-7-13(17(22)24-2)9-15(11)20-16(21)10-25-18(23)12-4-3-5-14(19)8-12/h3-9H,10H2,1-2H3,(H,20,21). The minimum atomic E-state index is -0.655. The number of rotatable bonds is 5. The third-order valence-corrected chi connectivity index (χ3v) is 3.56. The number of carbonyl (C=O) groups excluding carboxylic acids is 3. The highest BCUT2D eigenvalue weighted by Crippen LogP contribution is 2.18. The molecule has 0 aliphatic heterocycles. The Morgan fingerprint density at radius 2 is 1.76 bits per heavy atom. The van der Waals surface area contributed by atoms with E-state index in [0.717, 1.165) is 5.56 Å². The molecule has 0 fully saturated rings. The largest absolute Gasteiger partial charge is 0.465 e. The van der Waals surface area contributed by atoms with Gasteiger partial charge in [0.25, 0.3) is 5.91 Å². The number of hydrogen-bond acceptors (Lipinski definition) is 5. The van der Waals surface area contributed by atoms with E-state index >= 15 is 0 Å². The van der Waals surface area contributed by atoms with E-state index in [9.17, 15) is 14.4 Å². The van der Waals surface area contributed by atoms with Crippen LogP contribution in [0.5, 0.6) is 0 Å². The van der Waals surface area contributed by atoms with Gasteiger partial charge in [0.1, 0.15) is 0 Å². The van der Waals surface area contributed by atoms with Crippen LogP contribution in [0.3, 0.4) is 0 Å². The first-order valence-electron chi connectivity index (χ1n) is 7.32. The maximum Gasteiger partial charge on any atom is 0.338 e. The van der Waals surface area contributed by atoms with Crippen LogP contribution in [0.25, 0.3) is 0 Å². The number of halogens is 1. The highest BCUT2D eigenvalue weighted by Gasteiger charge is 2.13. The molecule has 0 aliphatic rings. The van der Waals surface area contributed by atoms with Gasteiger partial charge in [0.05, 0.1) is 18.2 Å². The summed E-state index contributed by atoms with van der Waals surface area (Å²) in [6.45, 7) is 1.31. The molecule has 130 valence electrons. The quantitative estimate of drug-likeness (QED) is 0.827. The van der Waals surface area contributed by atoms with Gasteiger partial charge in [0.2, 0.25) is 0 Å². The zero-order chi connectivity index (χ0) is 18.4. The van der Waals surface area contributed by atoms with Crippen LogP contribution >= 0.6 is 11.6 Å². The molecule has 0 radical (unpaired) electrons. The van der Waals surface area contributed by atoms with Crippen LogP contribution < -0.4 is 5.32 Å². The van der Waals surface area contributed by atoms with E-state index in [4.69, 9.17) is 16.3 Å². The Morgan fingerprint density at radius 1 is 1.04 bits per heavy atom. The van der Waals surface area contributed by atoms with Crippen molar-refractivity contribution in [2.45, 2.75) is 6.92 Å². The Kier molecular flexibility index (Phi) is 6.14. The van der Waals surface area contributed by atoms with Gasteiger partial charge in [-0.15, -0.1) is 0 Å². The van der Waals surface area contributed by atoms with Crippen molar-refractivity contribution in [2.75, 3.05) is 19.0 Å². The number of methoxy groups -OCH3 is 1. The molecule has 1 N–H and O–H groups in total. The highest BCUT2D eigenvalue weighted by atomic mass is 35.5. The van der Waals surface area contributed by atoms with Crippen molar-refractivity contribution in [1.29, 1.82) is 0 Å². The fraction of sp³-hybridized carbons (Fsp3) is 0.167. The maximum atomic E-state index is 12.0. The predicted octanol–water partition coefficient (Wildman–Crippen LogP) is 3.23. The Balaban J connectivity index is 1.98. The fourth-order valence-electron chi connectivity index (χ4n) is 2.02. The summed E-state index contributed by atoms with van der Waals surface area (Å²) < 4.78 is 9.60.